The molecule has 0 aliphatic heterocycles. The van der Waals surface area contributed by atoms with Gasteiger partial charge in [-0.2, -0.15) is 0 Å². The largest absolute Gasteiger partial charge is 0.241 e. The molecule has 4 rings (SSSR count). The van der Waals surface area contributed by atoms with Crippen molar-refractivity contribution in [3.63, 3.8) is 0 Å². The summed E-state index contributed by atoms with van der Waals surface area (Å²) in [5.41, 5.74) is 1.72. The molecule has 0 saturated heterocycles. The van der Waals surface area contributed by atoms with Crippen LogP contribution in [0.25, 0.3) is 5.83 Å². The van der Waals surface area contributed by atoms with Crippen LogP contribution in [0, 0.1) is 23.3 Å². The van der Waals surface area contributed by atoms with Crippen LogP contribution in [-0.2, 0) is 12.8 Å². The van der Waals surface area contributed by atoms with Crippen molar-refractivity contribution < 1.29 is 26.3 Å². The molecule has 0 bridgehead atoms. The number of hydrogen-bond acceptors (Lipinski definition) is 2. The number of aromatic nitrogens is 2. The van der Waals surface area contributed by atoms with E-state index in [9.17, 15) is 26.3 Å². The van der Waals surface area contributed by atoms with Crippen molar-refractivity contribution in [1.29, 1.82) is 0 Å². The van der Waals surface area contributed by atoms with E-state index in [1.54, 1.807) is 18.5 Å². The summed E-state index contributed by atoms with van der Waals surface area (Å²) < 4.78 is 82.1. The van der Waals surface area contributed by atoms with Gasteiger partial charge in [-0.3, -0.25) is 0 Å². The summed E-state index contributed by atoms with van der Waals surface area (Å²) in [7, 11) is 0. The highest BCUT2D eigenvalue weighted by molar-refractivity contribution is 5.61. The van der Waals surface area contributed by atoms with E-state index < -0.39 is 34.9 Å². The lowest BCUT2D eigenvalue weighted by Gasteiger charge is -2.29. The Balaban J connectivity index is 1.34. The van der Waals surface area contributed by atoms with Crippen LogP contribution < -0.4 is 0 Å². The Morgan fingerprint density at radius 3 is 2.00 bits per heavy atom. The molecule has 1 saturated carbocycles. The summed E-state index contributed by atoms with van der Waals surface area (Å²) >= 11 is 0. The molecule has 0 radical (unpaired) electrons. The van der Waals surface area contributed by atoms with Crippen LogP contribution in [0.2, 0.25) is 0 Å². The second-order valence-corrected chi connectivity index (χ2v) is 9.16. The van der Waals surface area contributed by atoms with Crippen molar-refractivity contribution in [1.82, 2.24) is 9.97 Å². The summed E-state index contributed by atoms with van der Waals surface area (Å²) in [6.45, 7) is 1.50. The van der Waals surface area contributed by atoms with E-state index >= 15 is 0 Å². The van der Waals surface area contributed by atoms with Gasteiger partial charge in [-0.15, -0.1) is 0 Å². The molecule has 2 nitrogen and oxygen atoms in total. The van der Waals surface area contributed by atoms with E-state index in [4.69, 9.17) is 0 Å². The lowest BCUT2D eigenvalue weighted by Crippen LogP contribution is -2.14. The SMILES string of the molecule is CC/C(F)=C(\F)c1ccc(C2CCC(c3cnc(CCc4cc(F)c(F)c(F)c4)nc3)CC2)c(F)c1. The fourth-order valence-corrected chi connectivity index (χ4v) is 4.76. The van der Waals surface area contributed by atoms with Gasteiger partial charge in [-0.25, -0.2) is 36.3 Å². The molecule has 0 N–H and O–H groups in total. The maximum Gasteiger partial charge on any atom is 0.194 e. The number of aryl methyl sites for hydroxylation is 2. The number of benzene rings is 2. The van der Waals surface area contributed by atoms with Crippen molar-refractivity contribution in [3.05, 3.63) is 99.9 Å². The van der Waals surface area contributed by atoms with E-state index in [1.165, 1.54) is 13.0 Å². The fourth-order valence-electron chi connectivity index (χ4n) is 4.76. The lowest BCUT2D eigenvalue weighted by atomic mass is 9.76. The smallest absolute Gasteiger partial charge is 0.194 e. The molecule has 1 aliphatic rings. The van der Waals surface area contributed by atoms with Crippen LogP contribution in [-0.4, -0.2) is 9.97 Å². The molecule has 1 heterocycles. The molecule has 3 aromatic rings. The number of halogens is 6. The normalized spacial score (nSPS) is 18.8. The van der Waals surface area contributed by atoms with Crippen LogP contribution in [0.1, 0.15) is 78.9 Å². The van der Waals surface area contributed by atoms with E-state index in [2.05, 4.69) is 9.97 Å². The topological polar surface area (TPSA) is 25.8 Å². The first-order valence-corrected chi connectivity index (χ1v) is 12.0. The van der Waals surface area contributed by atoms with E-state index in [0.29, 0.717) is 23.4 Å². The minimum atomic E-state index is -1.48. The molecule has 0 atom stereocenters. The first-order chi connectivity index (χ1) is 17.3. The Kier molecular flexibility index (Phi) is 8.11. The van der Waals surface area contributed by atoms with Crippen LogP contribution >= 0.6 is 0 Å². The first-order valence-electron chi connectivity index (χ1n) is 12.0. The minimum absolute atomic E-state index is 0.00458. The van der Waals surface area contributed by atoms with Crippen LogP contribution in [0.3, 0.4) is 0 Å². The van der Waals surface area contributed by atoms with Gasteiger partial charge >= 0.3 is 0 Å². The Labute approximate surface area is 206 Å². The van der Waals surface area contributed by atoms with Gasteiger partial charge in [-0.1, -0.05) is 19.1 Å². The van der Waals surface area contributed by atoms with Crippen molar-refractivity contribution in [2.45, 2.75) is 63.7 Å². The molecule has 1 aromatic heterocycles. The van der Waals surface area contributed by atoms with E-state index in [-0.39, 0.29) is 30.2 Å². The molecular formula is C28H26F6N2. The molecule has 1 aliphatic carbocycles. The minimum Gasteiger partial charge on any atom is -0.241 e. The van der Waals surface area contributed by atoms with Gasteiger partial charge in [-0.05, 0) is 85.3 Å². The summed E-state index contributed by atoms with van der Waals surface area (Å²) in [6, 6.07) is 5.98. The average Bonchev–Trinajstić information content (AvgIpc) is 2.90. The third kappa shape index (κ3) is 5.79. The van der Waals surface area contributed by atoms with Gasteiger partial charge in [0.05, 0.1) is 0 Å². The Bertz CT molecular complexity index is 1220. The zero-order valence-corrected chi connectivity index (χ0v) is 19.8. The quantitative estimate of drug-likeness (QED) is 0.239. The summed E-state index contributed by atoms with van der Waals surface area (Å²) in [5, 5.41) is 0. The van der Waals surface area contributed by atoms with Crippen LogP contribution in [0.5, 0.6) is 0 Å². The predicted octanol–water partition coefficient (Wildman–Crippen LogP) is 8.28. The summed E-state index contributed by atoms with van der Waals surface area (Å²) in [5.74, 6) is -5.64. The lowest BCUT2D eigenvalue weighted by molar-refractivity contribution is 0.386. The monoisotopic (exact) mass is 504 g/mol. The maximum absolute atomic E-state index is 14.7. The Hall–Kier alpha value is -3.16. The third-order valence-electron chi connectivity index (χ3n) is 6.85. The Morgan fingerprint density at radius 1 is 0.806 bits per heavy atom. The molecule has 36 heavy (non-hydrogen) atoms. The van der Waals surface area contributed by atoms with E-state index in [0.717, 1.165) is 49.4 Å². The second kappa shape index (κ2) is 11.3. The van der Waals surface area contributed by atoms with Crippen molar-refractivity contribution in [2.75, 3.05) is 0 Å². The number of allylic oxidation sites excluding steroid dienone is 1. The molecular weight excluding hydrogens is 478 g/mol. The van der Waals surface area contributed by atoms with Gasteiger partial charge in [0.15, 0.2) is 23.3 Å². The second-order valence-electron chi connectivity index (χ2n) is 9.16. The van der Waals surface area contributed by atoms with Gasteiger partial charge in [0.25, 0.3) is 0 Å². The average molecular weight is 505 g/mol. The van der Waals surface area contributed by atoms with E-state index in [1.807, 2.05) is 0 Å². The summed E-state index contributed by atoms with van der Waals surface area (Å²) in [4.78, 5) is 8.73. The van der Waals surface area contributed by atoms with Gasteiger partial charge in [0, 0.05) is 24.4 Å². The summed E-state index contributed by atoms with van der Waals surface area (Å²) in [6.07, 6.45) is 7.12. The number of hydrogen-bond donors (Lipinski definition) is 0. The zero-order chi connectivity index (χ0) is 25.8. The third-order valence-corrected chi connectivity index (χ3v) is 6.85. The van der Waals surface area contributed by atoms with Gasteiger partial charge in [0.2, 0.25) is 0 Å². The standard InChI is InChI=1S/C28H26F6N2/c1-2-22(29)27(33)19-8-9-21(23(30)13-19)18-6-4-17(5-7-18)20-14-35-26(36-15-20)10-3-16-11-24(31)28(34)25(32)12-16/h8-9,11-15,17-18H,2-7,10H2,1H3/b27-22+. The van der Waals surface area contributed by atoms with Crippen molar-refractivity contribution in [3.8, 4) is 0 Å². The molecule has 0 amide bonds. The number of rotatable bonds is 7. The number of nitrogens with zero attached hydrogens (tertiary/aromatic N) is 2. The zero-order valence-electron chi connectivity index (χ0n) is 19.8. The van der Waals surface area contributed by atoms with Crippen molar-refractivity contribution in [2.24, 2.45) is 0 Å². The van der Waals surface area contributed by atoms with Gasteiger partial charge in [0.1, 0.15) is 17.5 Å². The highest BCUT2D eigenvalue weighted by atomic mass is 19.2. The highest BCUT2D eigenvalue weighted by Crippen LogP contribution is 2.41. The fraction of sp³-hybridized carbons (Fsp3) is 0.357. The molecule has 0 spiro atoms. The van der Waals surface area contributed by atoms with Gasteiger partial charge < -0.3 is 0 Å². The Morgan fingerprint density at radius 2 is 1.42 bits per heavy atom. The molecule has 2 aromatic carbocycles. The predicted molar refractivity (Wildman–Crippen MR) is 126 cm³/mol. The molecule has 8 heteroatoms. The maximum atomic E-state index is 14.7. The highest BCUT2D eigenvalue weighted by Gasteiger charge is 2.26. The first kappa shape index (κ1) is 25.9. The molecule has 190 valence electrons. The van der Waals surface area contributed by atoms with Crippen LogP contribution in [0.15, 0.2) is 48.6 Å². The molecule has 0 unspecified atom stereocenters. The van der Waals surface area contributed by atoms with Crippen LogP contribution in [0.4, 0.5) is 26.3 Å². The van der Waals surface area contributed by atoms with Crippen molar-refractivity contribution >= 4 is 5.83 Å². The molecule has 1 fully saturated rings.